The van der Waals surface area contributed by atoms with Gasteiger partial charge in [-0.15, -0.1) is 0 Å². The molecule has 0 saturated carbocycles. The van der Waals surface area contributed by atoms with E-state index in [4.69, 9.17) is 10.2 Å². The zero-order valence-electron chi connectivity index (χ0n) is 11.0. The lowest BCUT2D eigenvalue weighted by molar-refractivity contribution is -0.140. The number of benzene rings is 1. The highest BCUT2D eigenvalue weighted by Crippen LogP contribution is 2.26. The molecule has 1 aromatic carbocycles. The summed E-state index contributed by atoms with van der Waals surface area (Å²) in [6.07, 6.45) is 0.855. The number of hydrogen-bond acceptors (Lipinski definition) is 3. The number of carboxylic acids is 1. The Balaban J connectivity index is 1.92. The van der Waals surface area contributed by atoms with Crippen molar-refractivity contribution in [3.05, 3.63) is 35.9 Å². The molecule has 20 heavy (non-hydrogen) atoms. The molecule has 1 unspecified atom stereocenters. The molecular formula is C14H18N2O4. The van der Waals surface area contributed by atoms with E-state index >= 15 is 0 Å². The van der Waals surface area contributed by atoms with E-state index in [1.165, 1.54) is 5.56 Å². The minimum Gasteiger partial charge on any atom is -0.480 e. The third kappa shape index (κ3) is 3.27. The Bertz CT molecular complexity index is 477. The van der Waals surface area contributed by atoms with E-state index in [2.05, 4.69) is 5.32 Å². The molecule has 1 aliphatic heterocycles. The minimum absolute atomic E-state index is 0.277. The van der Waals surface area contributed by atoms with Gasteiger partial charge in [0.1, 0.15) is 0 Å². The zero-order chi connectivity index (χ0) is 14.5. The summed E-state index contributed by atoms with van der Waals surface area (Å²) in [5.74, 6) is -0.959. The van der Waals surface area contributed by atoms with Crippen molar-refractivity contribution in [1.29, 1.82) is 0 Å². The van der Waals surface area contributed by atoms with Gasteiger partial charge in [0.05, 0.1) is 6.61 Å². The Morgan fingerprint density at radius 1 is 1.35 bits per heavy atom. The van der Waals surface area contributed by atoms with Crippen LogP contribution in [0, 0.1) is 0 Å². The predicted molar refractivity (Wildman–Crippen MR) is 72.4 cm³/mol. The average molecular weight is 278 g/mol. The fourth-order valence-electron chi connectivity index (χ4n) is 2.37. The predicted octanol–water partition coefficient (Wildman–Crippen LogP) is 0.631. The van der Waals surface area contributed by atoms with Gasteiger partial charge in [0.25, 0.3) is 0 Å². The van der Waals surface area contributed by atoms with Crippen LogP contribution < -0.4 is 5.32 Å². The van der Waals surface area contributed by atoms with E-state index < -0.39 is 24.6 Å². The molecule has 2 rings (SSSR count). The van der Waals surface area contributed by atoms with Crippen LogP contribution in [0.5, 0.6) is 0 Å². The van der Waals surface area contributed by atoms with Gasteiger partial charge in [-0.3, -0.25) is 0 Å². The van der Waals surface area contributed by atoms with E-state index in [9.17, 15) is 9.59 Å². The van der Waals surface area contributed by atoms with Crippen LogP contribution in [-0.2, 0) is 4.79 Å². The number of nitrogens with zero attached hydrogens (tertiary/aromatic N) is 1. The Morgan fingerprint density at radius 3 is 2.65 bits per heavy atom. The number of aliphatic carboxylic acids is 1. The lowest BCUT2D eigenvalue weighted by Crippen LogP contribution is -2.48. The number of likely N-dealkylation sites (tertiary alicyclic amines) is 1. The smallest absolute Gasteiger partial charge is 0.328 e. The monoisotopic (exact) mass is 278 g/mol. The third-order valence-electron chi connectivity index (χ3n) is 3.52. The van der Waals surface area contributed by atoms with Gasteiger partial charge < -0.3 is 20.4 Å². The molecule has 1 fully saturated rings. The molecule has 2 amide bonds. The summed E-state index contributed by atoms with van der Waals surface area (Å²) in [5, 5.41) is 20.0. The number of carbonyl (C=O) groups is 2. The van der Waals surface area contributed by atoms with Crippen LogP contribution in [0.2, 0.25) is 0 Å². The normalized spacial score (nSPS) is 19.6. The van der Waals surface area contributed by atoms with Gasteiger partial charge in [-0.1, -0.05) is 30.3 Å². The van der Waals surface area contributed by atoms with Crippen molar-refractivity contribution >= 4 is 12.0 Å². The summed E-state index contributed by atoms with van der Waals surface area (Å²) in [4.78, 5) is 24.3. The number of rotatable bonds is 4. The zero-order valence-corrected chi connectivity index (χ0v) is 11.0. The second-order valence-electron chi connectivity index (χ2n) is 4.87. The summed E-state index contributed by atoms with van der Waals surface area (Å²) in [7, 11) is 0. The number of nitrogens with one attached hydrogen (secondary N) is 1. The molecule has 2 atom stereocenters. The van der Waals surface area contributed by atoms with E-state index in [1.807, 2.05) is 30.3 Å². The van der Waals surface area contributed by atoms with Gasteiger partial charge in [-0.05, 0) is 12.0 Å². The van der Waals surface area contributed by atoms with Gasteiger partial charge in [-0.2, -0.15) is 0 Å². The fraction of sp³-hybridized carbons (Fsp3) is 0.429. The van der Waals surface area contributed by atoms with Crippen molar-refractivity contribution in [3.8, 4) is 0 Å². The van der Waals surface area contributed by atoms with E-state index in [1.54, 1.807) is 4.90 Å². The molecule has 0 bridgehead atoms. The molecule has 6 nitrogen and oxygen atoms in total. The maximum atomic E-state index is 11.9. The highest BCUT2D eigenvalue weighted by Gasteiger charge is 2.29. The molecule has 1 aromatic rings. The second kappa shape index (κ2) is 6.38. The molecule has 6 heteroatoms. The van der Waals surface area contributed by atoms with E-state index in [0.29, 0.717) is 13.1 Å². The van der Waals surface area contributed by atoms with Crippen molar-refractivity contribution in [2.45, 2.75) is 18.4 Å². The van der Waals surface area contributed by atoms with Gasteiger partial charge in [0.2, 0.25) is 0 Å². The Labute approximate surface area is 117 Å². The van der Waals surface area contributed by atoms with Gasteiger partial charge in [0.15, 0.2) is 6.04 Å². The molecule has 0 spiro atoms. The molecule has 1 heterocycles. The van der Waals surface area contributed by atoms with Crippen molar-refractivity contribution in [2.75, 3.05) is 19.7 Å². The Hall–Kier alpha value is -2.08. The van der Waals surface area contributed by atoms with Gasteiger partial charge in [-0.25, -0.2) is 9.59 Å². The summed E-state index contributed by atoms with van der Waals surface area (Å²) in [6, 6.07) is 8.23. The van der Waals surface area contributed by atoms with E-state index in [-0.39, 0.29) is 5.92 Å². The summed E-state index contributed by atoms with van der Waals surface area (Å²) in [5.41, 5.74) is 1.18. The molecule has 0 aromatic heterocycles. The highest BCUT2D eigenvalue weighted by molar-refractivity contribution is 5.82. The summed E-state index contributed by atoms with van der Waals surface area (Å²) >= 11 is 0. The molecular weight excluding hydrogens is 260 g/mol. The number of aliphatic hydroxyl groups excluding tert-OH is 1. The quantitative estimate of drug-likeness (QED) is 0.753. The van der Waals surface area contributed by atoms with Crippen LogP contribution in [0.4, 0.5) is 4.79 Å². The summed E-state index contributed by atoms with van der Waals surface area (Å²) in [6.45, 7) is 0.536. The first-order valence-corrected chi connectivity index (χ1v) is 6.56. The van der Waals surface area contributed by atoms with Gasteiger partial charge in [0, 0.05) is 19.0 Å². The standard InChI is InChI=1S/C14H18N2O4/c17-9-12(13(18)19)15-14(20)16-7-6-11(8-16)10-4-2-1-3-5-10/h1-5,11-12,17H,6-9H2,(H,15,20)(H,18,19)/t11?,12-/m0/s1. The van der Waals surface area contributed by atoms with Crippen molar-refractivity contribution in [2.24, 2.45) is 0 Å². The van der Waals surface area contributed by atoms with Crippen LogP contribution in [-0.4, -0.2) is 52.9 Å². The highest BCUT2D eigenvalue weighted by atomic mass is 16.4. The number of amides is 2. The Kier molecular flexibility index (Phi) is 4.57. The van der Waals surface area contributed by atoms with Crippen LogP contribution in [0.25, 0.3) is 0 Å². The number of carbonyl (C=O) groups excluding carboxylic acids is 1. The van der Waals surface area contributed by atoms with Crippen molar-refractivity contribution in [1.82, 2.24) is 10.2 Å². The van der Waals surface area contributed by atoms with Crippen molar-refractivity contribution < 1.29 is 19.8 Å². The topological polar surface area (TPSA) is 89.9 Å². The third-order valence-corrected chi connectivity index (χ3v) is 3.52. The number of carboxylic acid groups (broad SMARTS) is 1. The van der Waals surface area contributed by atoms with Crippen LogP contribution in [0.3, 0.4) is 0 Å². The fourth-order valence-corrected chi connectivity index (χ4v) is 2.37. The lowest BCUT2D eigenvalue weighted by atomic mass is 9.99. The molecule has 0 radical (unpaired) electrons. The molecule has 1 saturated heterocycles. The maximum absolute atomic E-state index is 11.9. The van der Waals surface area contributed by atoms with Crippen LogP contribution in [0.1, 0.15) is 17.9 Å². The first-order valence-electron chi connectivity index (χ1n) is 6.56. The number of hydrogen-bond donors (Lipinski definition) is 3. The minimum atomic E-state index is -1.25. The first-order chi connectivity index (χ1) is 9.61. The molecule has 0 aliphatic carbocycles. The second-order valence-corrected chi connectivity index (χ2v) is 4.87. The molecule has 3 N–H and O–H groups in total. The molecule has 1 aliphatic rings. The van der Waals surface area contributed by atoms with Crippen LogP contribution >= 0.6 is 0 Å². The van der Waals surface area contributed by atoms with Crippen molar-refractivity contribution in [3.63, 3.8) is 0 Å². The first kappa shape index (κ1) is 14.3. The molecule has 108 valence electrons. The number of urea groups is 1. The number of aliphatic hydroxyl groups is 1. The largest absolute Gasteiger partial charge is 0.480 e. The van der Waals surface area contributed by atoms with E-state index in [0.717, 1.165) is 6.42 Å². The average Bonchev–Trinajstić information content (AvgIpc) is 2.95. The van der Waals surface area contributed by atoms with Crippen LogP contribution in [0.15, 0.2) is 30.3 Å². The van der Waals surface area contributed by atoms with Gasteiger partial charge >= 0.3 is 12.0 Å². The summed E-state index contributed by atoms with van der Waals surface area (Å²) < 4.78 is 0. The maximum Gasteiger partial charge on any atom is 0.328 e. The Morgan fingerprint density at radius 2 is 2.05 bits per heavy atom. The SMILES string of the molecule is O=C(O)[C@H](CO)NC(=O)N1CCC(c2ccccc2)C1. The lowest BCUT2D eigenvalue weighted by Gasteiger charge is -2.20.